The highest BCUT2D eigenvalue weighted by Crippen LogP contribution is 2.29. The van der Waals surface area contributed by atoms with Gasteiger partial charge in [0.05, 0.1) is 9.85 Å². The van der Waals surface area contributed by atoms with E-state index in [1.165, 1.54) is 24.3 Å². The summed E-state index contributed by atoms with van der Waals surface area (Å²) in [4.78, 5) is 20.3. The molecule has 19 heavy (non-hydrogen) atoms. The summed E-state index contributed by atoms with van der Waals surface area (Å²) in [5.41, 5.74) is 1.63. The molecule has 0 saturated carbocycles. The summed E-state index contributed by atoms with van der Waals surface area (Å²) < 4.78 is 0.723. The van der Waals surface area contributed by atoms with Crippen LogP contribution in [0, 0.1) is 23.8 Å². The van der Waals surface area contributed by atoms with Crippen molar-refractivity contribution in [2.45, 2.75) is 0 Å². The quantitative estimate of drug-likeness (QED) is 0.468. The lowest BCUT2D eigenvalue weighted by Crippen LogP contribution is -1.91. The van der Waals surface area contributed by atoms with E-state index in [1.54, 1.807) is 18.2 Å². The third kappa shape index (κ3) is 2.87. The molecular weight excluding hydrogens is 363 g/mol. The molecule has 0 aliphatic carbocycles. The lowest BCUT2D eigenvalue weighted by Gasteiger charge is -2.04. The van der Waals surface area contributed by atoms with Crippen molar-refractivity contribution in [3.05, 3.63) is 66.3 Å². The van der Waals surface area contributed by atoms with Gasteiger partial charge in [-0.15, -0.1) is 0 Å². The molecule has 0 spiro atoms. The number of nitrogens with zero attached hydrogens (tertiary/aromatic N) is 2. The Morgan fingerprint density at radius 1 is 0.842 bits per heavy atom. The van der Waals surface area contributed by atoms with Crippen LogP contribution in [0.2, 0.25) is 0 Å². The smallest absolute Gasteiger partial charge is 0.258 e. The van der Waals surface area contributed by atoms with Gasteiger partial charge in [-0.25, -0.2) is 0 Å². The van der Waals surface area contributed by atoms with Gasteiger partial charge < -0.3 is 0 Å². The van der Waals surface area contributed by atoms with Crippen molar-refractivity contribution in [1.29, 1.82) is 0 Å². The number of rotatable bonds is 3. The number of benzene rings is 2. The zero-order valence-electron chi connectivity index (χ0n) is 9.45. The first kappa shape index (κ1) is 13.4. The Bertz CT molecular complexity index is 655. The molecule has 2 aromatic carbocycles. The van der Waals surface area contributed by atoms with Gasteiger partial charge in [-0.3, -0.25) is 20.2 Å². The lowest BCUT2D eigenvalue weighted by molar-refractivity contribution is -0.385. The second-order valence-corrected chi connectivity index (χ2v) is 4.89. The van der Waals surface area contributed by atoms with Gasteiger partial charge in [0.2, 0.25) is 0 Å². The van der Waals surface area contributed by atoms with Crippen LogP contribution in [0.15, 0.2) is 42.5 Å². The Labute approximate surface area is 121 Å². The highest BCUT2D eigenvalue weighted by Gasteiger charge is 2.11. The fourth-order valence-electron chi connectivity index (χ4n) is 1.61. The van der Waals surface area contributed by atoms with Crippen LogP contribution in [0.3, 0.4) is 0 Å². The molecule has 0 aromatic heterocycles. The van der Waals surface area contributed by atoms with Crippen LogP contribution in [0.5, 0.6) is 0 Å². The first-order valence-electron chi connectivity index (χ1n) is 5.18. The molecule has 96 valence electrons. The third-order valence-electron chi connectivity index (χ3n) is 2.55. The molecule has 0 aliphatic heterocycles. The minimum absolute atomic E-state index is 0.0145. The molecule has 0 amide bonds. The first-order chi connectivity index (χ1) is 8.99. The van der Waals surface area contributed by atoms with E-state index in [2.05, 4.69) is 0 Å². The SMILES string of the molecule is O=[N+]([O-])c1ccc(-c2ccc([N+](=O)[O-])cc2I)cc1. The second kappa shape index (κ2) is 5.31. The van der Waals surface area contributed by atoms with Gasteiger partial charge in [-0.05, 0) is 51.9 Å². The molecule has 0 aliphatic rings. The fraction of sp³-hybridized carbons (Fsp3) is 0. The minimum atomic E-state index is -0.468. The van der Waals surface area contributed by atoms with E-state index in [1.807, 2.05) is 22.6 Å². The normalized spacial score (nSPS) is 10.2. The Kier molecular flexibility index (Phi) is 3.74. The molecule has 0 heterocycles. The van der Waals surface area contributed by atoms with Crippen molar-refractivity contribution in [3.63, 3.8) is 0 Å². The second-order valence-electron chi connectivity index (χ2n) is 3.73. The van der Waals surface area contributed by atoms with Crippen molar-refractivity contribution in [2.24, 2.45) is 0 Å². The topological polar surface area (TPSA) is 86.3 Å². The van der Waals surface area contributed by atoms with Crippen LogP contribution in [-0.2, 0) is 0 Å². The zero-order chi connectivity index (χ0) is 14.0. The largest absolute Gasteiger partial charge is 0.270 e. The zero-order valence-corrected chi connectivity index (χ0v) is 11.6. The molecule has 0 atom stereocenters. The van der Waals surface area contributed by atoms with Gasteiger partial charge in [0.25, 0.3) is 11.4 Å². The fourth-order valence-corrected chi connectivity index (χ4v) is 2.42. The van der Waals surface area contributed by atoms with Crippen LogP contribution in [0.25, 0.3) is 11.1 Å². The molecule has 7 heteroatoms. The number of hydrogen-bond acceptors (Lipinski definition) is 4. The molecule has 2 aromatic rings. The van der Waals surface area contributed by atoms with Gasteiger partial charge in [-0.1, -0.05) is 0 Å². The average molecular weight is 370 g/mol. The highest BCUT2D eigenvalue weighted by molar-refractivity contribution is 14.1. The van der Waals surface area contributed by atoms with Crippen molar-refractivity contribution >= 4 is 34.0 Å². The molecular formula is C12H7IN2O4. The van der Waals surface area contributed by atoms with Gasteiger partial charge in [0.1, 0.15) is 0 Å². The number of hydrogen-bond donors (Lipinski definition) is 0. The average Bonchev–Trinajstić information content (AvgIpc) is 2.38. The van der Waals surface area contributed by atoms with Crippen molar-refractivity contribution < 1.29 is 9.85 Å². The van der Waals surface area contributed by atoms with Gasteiger partial charge in [0.15, 0.2) is 0 Å². The van der Waals surface area contributed by atoms with Crippen molar-refractivity contribution in [1.82, 2.24) is 0 Å². The summed E-state index contributed by atoms with van der Waals surface area (Å²) in [6, 6.07) is 10.6. The van der Waals surface area contributed by atoms with E-state index < -0.39 is 9.85 Å². The van der Waals surface area contributed by atoms with Crippen LogP contribution in [-0.4, -0.2) is 9.85 Å². The molecule has 0 unspecified atom stereocenters. The Morgan fingerprint density at radius 2 is 1.37 bits per heavy atom. The number of nitro groups is 2. The maximum absolute atomic E-state index is 10.6. The maximum atomic E-state index is 10.6. The summed E-state index contributed by atoms with van der Waals surface area (Å²) in [5.74, 6) is 0. The van der Waals surface area contributed by atoms with E-state index in [-0.39, 0.29) is 11.4 Å². The van der Waals surface area contributed by atoms with Gasteiger partial charge in [0, 0.05) is 27.8 Å². The van der Waals surface area contributed by atoms with E-state index in [4.69, 9.17) is 0 Å². The third-order valence-corrected chi connectivity index (χ3v) is 3.45. The van der Waals surface area contributed by atoms with Crippen molar-refractivity contribution in [3.8, 4) is 11.1 Å². The van der Waals surface area contributed by atoms with E-state index in [0.29, 0.717) is 0 Å². The number of halogens is 1. The minimum Gasteiger partial charge on any atom is -0.258 e. The summed E-state index contributed by atoms with van der Waals surface area (Å²) in [5, 5.41) is 21.2. The summed E-state index contributed by atoms with van der Waals surface area (Å²) in [7, 11) is 0. The Morgan fingerprint density at radius 3 is 1.84 bits per heavy atom. The Hall–Kier alpha value is -2.03. The van der Waals surface area contributed by atoms with Crippen LogP contribution < -0.4 is 0 Å². The molecule has 0 bridgehead atoms. The first-order valence-corrected chi connectivity index (χ1v) is 6.25. The molecule has 0 radical (unpaired) electrons. The van der Waals surface area contributed by atoms with E-state index in [9.17, 15) is 20.2 Å². The summed E-state index contributed by atoms with van der Waals surface area (Å²) in [6.07, 6.45) is 0. The van der Waals surface area contributed by atoms with Crippen LogP contribution in [0.1, 0.15) is 0 Å². The summed E-state index contributed by atoms with van der Waals surface area (Å²) in [6.45, 7) is 0. The van der Waals surface area contributed by atoms with Crippen molar-refractivity contribution in [2.75, 3.05) is 0 Å². The molecule has 2 rings (SSSR count). The monoisotopic (exact) mass is 370 g/mol. The maximum Gasteiger partial charge on any atom is 0.270 e. The van der Waals surface area contributed by atoms with Crippen LogP contribution >= 0.6 is 22.6 Å². The van der Waals surface area contributed by atoms with Gasteiger partial charge in [-0.2, -0.15) is 0 Å². The predicted molar refractivity (Wildman–Crippen MR) is 77.9 cm³/mol. The van der Waals surface area contributed by atoms with Gasteiger partial charge >= 0.3 is 0 Å². The van der Waals surface area contributed by atoms with E-state index in [0.717, 1.165) is 14.7 Å². The highest BCUT2D eigenvalue weighted by atomic mass is 127. The molecule has 0 fully saturated rings. The molecule has 0 N–H and O–H groups in total. The number of nitro benzene ring substituents is 2. The predicted octanol–water partition coefficient (Wildman–Crippen LogP) is 3.77. The van der Waals surface area contributed by atoms with Crippen LogP contribution in [0.4, 0.5) is 11.4 Å². The molecule has 0 saturated heterocycles. The van der Waals surface area contributed by atoms with E-state index >= 15 is 0 Å². The lowest BCUT2D eigenvalue weighted by atomic mass is 10.1. The number of non-ortho nitro benzene ring substituents is 2. The molecule has 6 nitrogen and oxygen atoms in total. The Balaban J connectivity index is 2.41. The standard InChI is InChI=1S/C12H7IN2O4/c13-12-7-10(15(18)19)5-6-11(12)8-1-3-9(4-2-8)14(16)17/h1-7H. The summed E-state index contributed by atoms with van der Waals surface area (Å²) >= 11 is 2.01.